The number of carbonyl (C=O) groups is 1. The molecule has 1 aliphatic rings. The number of thiophene rings is 1. The third-order valence-electron chi connectivity index (χ3n) is 5.11. The second-order valence-corrected chi connectivity index (χ2v) is 9.03. The highest BCUT2D eigenvalue weighted by atomic mass is 32.2. The van der Waals surface area contributed by atoms with Crippen LogP contribution in [0.15, 0.2) is 81.0 Å². The average molecular weight is 478 g/mol. The summed E-state index contributed by atoms with van der Waals surface area (Å²) >= 11 is 2.81. The maximum atomic E-state index is 13.2. The second kappa shape index (κ2) is 9.55. The van der Waals surface area contributed by atoms with Crippen LogP contribution in [0, 0.1) is 0 Å². The van der Waals surface area contributed by atoms with Crippen LogP contribution in [-0.4, -0.2) is 44.7 Å². The third kappa shape index (κ3) is 4.67. The van der Waals surface area contributed by atoms with Gasteiger partial charge in [-0.05, 0) is 41.3 Å². The molecule has 1 amide bonds. The number of ether oxygens (including phenoxy) is 1. The van der Waals surface area contributed by atoms with Crippen LogP contribution < -0.4 is 4.74 Å². The Balaban J connectivity index is 1.33. The summed E-state index contributed by atoms with van der Waals surface area (Å²) in [5.74, 6) is 1.13. The number of carbonyl (C=O) groups excluding carboxylic acids is 1. The molecule has 0 radical (unpaired) electrons. The van der Waals surface area contributed by atoms with E-state index in [0.29, 0.717) is 17.5 Å². The van der Waals surface area contributed by atoms with Crippen LogP contribution in [-0.2, 0) is 4.79 Å². The first kappa shape index (κ1) is 21.4. The molecule has 0 N–H and O–H groups in total. The molecule has 5 rings (SSSR count). The van der Waals surface area contributed by atoms with Gasteiger partial charge in [-0.2, -0.15) is 5.10 Å². The number of methoxy groups -OCH3 is 1. The molecule has 1 aromatic carbocycles. The highest BCUT2D eigenvalue weighted by Crippen LogP contribution is 2.35. The molecule has 0 aliphatic carbocycles. The number of hydrogen-bond donors (Lipinski definition) is 0. The van der Waals surface area contributed by atoms with Crippen LogP contribution in [0.1, 0.15) is 22.9 Å². The molecular weight excluding hydrogens is 458 g/mol. The summed E-state index contributed by atoms with van der Waals surface area (Å²) in [5, 5.41) is 16.7. The van der Waals surface area contributed by atoms with Crippen molar-refractivity contribution in [2.24, 2.45) is 5.10 Å². The molecule has 4 heterocycles. The molecule has 3 aromatic heterocycles. The molecule has 0 spiro atoms. The number of amides is 1. The van der Waals surface area contributed by atoms with Crippen LogP contribution in [0.3, 0.4) is 0 Å². The molecule has 0 unspecified atom stereocenters. The van der Waals surface area contributed by atoms with E-state index in [1.54, 1.807) is 41.9 Å². The monoisotopic (exact) mass is 477 g/mol. The van der Waals surface area contributed by atoms with E-state index < -0.39 is 0 Å². The van der Waals surface area contributed by atoms with Gasteiger partial charge in [-0.15, -0.1) is 21.5 Å². The zero-order chi connectivity index (χ0) is 22.6. The van der Waals surface area contributed by atoms with Crippen molar-refractivity contribution >= 4 is 34.7 Å². The van der Waals surface area contributed by atoms with E-state index in [2.05, 4.69) is 20.3 Å². The van der Waals surface area contributed by atoms with Crippen molar-refractivity contribution in [1.82, 2.24) is 20.2 Å². The topological polar surface area (TPSA) is 93.7 Å². The first-order chi connectivity index (χ1) is 16.2. The molecule has 0 fully saturated rings. The predicted octanol–water partition coefficient (Wildman–Crippen LogP) is 4.67. The van der Waals surface area contributed by atoms with Crippen LogP contribution in [0.5, 0.6) is 5.75 Å². The van der Waals surface area contributed by atoms with E-state index in [1.165, 1.54) is 11.8 Å². The Morgan fingerprint density at radius 2 is 2.09 bits per heavy atom. The van der Waals surface area contributed by atoms with E-state index in [4.69, 9.17) is 9.15 Å². The first-order valence-corrected chi connectivity index (χ1v) is 12.0. The summed E-state index contributed by atoms with van der Waals surface area (Å²) in [6, 6.07) is 15.2. The van der Waals surface area contributed by atoms with Crippen molar-refractivity contribution in [3.63, 3.8) is 0 Å². The Bertz CT molecular complexity index is 1260. The smallest absolute Gasteiger partial charge is 0.277 e. The quantitative estimate of drug-likeness (QED) is 0.357. The average Bonchev–Trinajstić information content (AvgIpc) is 3.64. The van der Waals surface area contributed by atoms with E-state index in [1.807, 2.05) is 47.8 Å². The Kier molecular flexibility index (Phi) is 6.18. The van der Waals surface area contributed by atoms with E-state index in [0.717, 1.165) is 27.5 Å². The summed E-state index contributed by atoms with van der Waals surface area (Å²) in [6.07, 6.45) is 3.97. The lowest BCUT2D eigenvalue weighted by molar-refractivity contribution is -0.130. The summed E-state index contributed by atoms with van der Waals surface area (Å²) in [5.41, 5.74) is 2.63. The number of rotatable bonds is 7. The SMILES string of the molecule is COc1ccc([C@@H]2CC(c3cccs3)=NN2C(=O)CSc2nnc(-c3cccnc3)o2)cc1. The molecule has 33 heavy (non-hydrogen) atoms. The van der Waals surface area contributed by atoms with Crippen molar-refractivity contribution in [1.29, 1.82) is 0 Å². The molecule has 1 aliphatic heterocycles. The second-order valence-electron chi connectivity index (χ2n) is 7.16. The zero-order valence-corrected chi connectivity index (χ0v) is 19.3. The van der Waals surface area contributed by atoms with Crippen LogP contribution in [0.25, 0.3) is 11.5 Å². The van der Waals surface area contributed by atoms with Crippen molar-refractivity contribution in [2.45, 2.75) is 17.7 Å². The van der Waals surface area contributed by atoms with Crippen molar-refractivity contribution < 1.29 is 13.9 Å². The molecule has 8 nitrogen and oxygen atoms in total. The van der Waals surface area contributed by atoms with Gasteiger partial charge in [0.2, 0.25) is 5.89 Å². The molecule has 0 saturated heterocycles. The molecule has 166 valence electrons. The van der Waals surface area contributed by atoms with Gasteiger partial charge in [-0.3, -0.25) is 9.78 Å². The fourth-order valence-corrected chi connectivity index (χ4v) is 4.82. The highest BCUT2D eigenvalue weighted by Gasteiger charge is 2.33. The van der Waals surface area contributed by atoms with Crippen molar-refractivity contribution in [3.05, 3.63) is 76.7 Å². The number of nitrogens with zero attached hydrogens (tertiary/aromatic N) is 5. The molecular formula is C23H19N5O3S2. The van der Waals surface area contributed by atoms with E-state index in [9.17, 15) is 4.79 Å². The van der Waals surface area contributed by atoms with Gasteiger partial charge in [0.25, 0.3) is 11.1 Å². The molecule has 4 aromatic rings. The minimum absolute atomic E-state index is 0.128. The number of pyridine rings is 1. The van der Waals surface area contributed by atoms with Crippen LogP contribution in [0.4, 0.5) is 0 Å². The Labute approximate surface area is 198 Å². The summed E-state index contributed by atoms with van der Waals surface area (Å²) in [6.45, 7) is 0. The predicted molar refractivity (Wildman–Crippen MR) is 126 cm³/mol. The van der Waals surface area contributed by atoms with Gasteiger partial charge in [0, 0.05) is 18.8 Å². The van der Waals surface area contributed by atoms with Gasteiger partial charge in [0.05, 0.1) is 35.1 Å². The van der Waals surface area contributed by atoms with Gasteiger partial charge in [-0.25, -0.2) is 5.01 Å². The number of hydrazone groups is 1. The Hall–Kier alpha value is -3.50. The summed E-state index contributed by atoms with van der Waals surface area (Å²) in [7, 11) is 1.63. The van der Waals surface area contributed by atoms with Gasteiger partial charge in [-0.1, -0.05) is 30.0 Å². The maximum absolute atomic E-state index is 13.2. The Morgan fingerprint density at radius 1 is 1.21 bits per heavy atom. The van der Waals surface area contributed by atoms with Crippen molar-refractivity contribution in [2.75, 3.05) is 12.9 Å². The zero-order valence-electron chi connectivity index (χ0n) is 17.6. The van der Waals surface area contributed by atoms with Gasteiger partial charge >= 0.3 is 0 Å². The standard InChI is InChI=1S/C23H19N5O3S2/c1-30-17-8-6-15(7-9-17)19-12-18(20-5-3-11-32-20)27-28(19)21(29)14-33-23-26-25-22(31-23)16-4-2-10-24-13-16/h2-11,13,19H,12,14H2,1H3/t19-/m0/s1. The van der Waals surface area contributed by atoms with Gasteiger partial charge in [0.15, 0.2) is 0 Å². The Morgan fingerprint density at radius 3 is 2.82 bits per heavy atom. The lowest BCUT2D eigenvalue weighted by Gasteiger charge is -2.22. The fraction of sp³-hybridized carbons (Fsp3) is 0.174. The largest absolute Gasteiger partial charge is 0.497 e. The number of aromatic nitrogens is 3. The molecule has 0 bridgehead atoms. The van der Waals surface area contributed by atoms with Gasteiger partial charge in [0.1, 0.15) is 5.75 Å². The van der Waals surface area contributed by atoms with Crippen LogP contribution >= 0.6 is 23.1 Å². The number of hydrogen-bond acceptors (Lipinski definition) is 9. The lowest BCUT2D eigenvalue weighted by Crippen LogP contribution is -2.28. The minimum atomic E-state index is -0.185. The van der Waals surface area contributed by atoms with E-state index in [-0.39, 0.29) is 17.7 Å². The van der Waals surface area contributed by atoms with Crippen molar-refractivity contribution in [3.8, 4) is 17.2 Å². The van der Waals surface area contributed by atoms with E-state index >= 15 is 0 Å². The molecule has 10 heteroatoms. The third-order valence-corrected chi connectivity index (χ3v) is 6.83. The summed E-state index contributed by atoms with van der Waals surface area (Å²) < 4.78 is 11.0. The summed E-state index contributed by atoms with van der Waals surface area (Å²) in [4.78, 5) is 18.3. The number of benzene rings is 1. The molecule has 0 saturated carbocycles. The normalized spacial score (nSPS) is 15.5. The highest BCUT2D eigenvalue weighted by molar-refractivity contribution is 7.99. The van der Waals surface area contributed by atoms with Crippen LogP contribution in [0.2, 0.25) is 0 Å². The number of thioether (sulfide) groups is 1. The lowest BCUT2D eigenvalue weighted by atomic mass is 10.0. The van der Waals surface area contributed by atoms with Gasteiger partial charge < -0.3 is 9.15 Å². The fourth-order valence-electron chi connectivity index (χ4n) is 3.48. The first-order valence-electron chi connectivity index (χ1n) is 10.2. The molecule has 1 atom stereocenters. The maximum Gasteiger partial charge on any atom is 0.277 e. The minimum Gasteiger partial charge on any atom is -0.497 e.